The van der Waals surface area contributed by atoms with Crippen molar-refractivity contribution in [3.63, 3.8) is 0 Å². The Morgan fingerprint density at radius 2 is 2.00 bits per heavy atom. The van der Waals surface area contributed by atoms with E-state index in [0.29, 0.717) is 17.6 Å². The summed E-state index contributed by atoms with van der Waals surface area (Å²) < 4.78 is 6.06. The molecule has 3 atom stereocenters. The molecule has 1 aromatic heterocycles. The van der Waals surface area contributed by atoms with Gasteiger partial charge < -0.3 is 10.2 Å². The van der Waals surface area contributed by atoms with Crippen LogP contribution in [0.2, 0.25) is 0 Å². The van der Waals surface area contributed by atoms with E-state index in [4.69, 9.17) is 10.6 Å². The molecular formula is C15H26N4O. The molecule has 0 aliphatic heterocycles. The summed E-state index contributed by atoms with van der Waals surface area (Å²) in [5, 5.41) is 0. The second-order valence-electron chi connectivity index (χ2n) is 6.26. The van der Waals surface area contributed by atoms with Crippen LogP contribution in [-0.2, 0) is 0 Å². The van der Waals surface area contributed by atoms with Crippen molar-refractivity contribution in [3.8, 4) is 5.88 Å². The number of hydrazine groups is 1. The molecule has 3 unspecified atom stereocenters. The average Bonchev–Trinajstić information content (AvgIpc) is 2.42. The van der Waals surface area contributed by atoms with Crippen molar-refractivity contribution >= 4 is 5.82 Å². The number of nitrogens with one attached hydrogen (secondary N) is 1. The molecule has 1 fully saturated rings. The molecule has 0 spiro atoms. The Morgan fingerprint density at radius 1 is 1.25 bits per heavy atom. The number of rotatable bonds is 4. The number of ether oxygens (including phenoxy) is 1. The van der Waals surface area contributed by atoms with Gasteiger partial charge in [-0.1, -0.05) is 27.7 Å². The highest BCUT2D eigenvalue weighted by atomic mass is 16.5. The van der Waals surface area contributed by atoms with E-state index in [9.17, 15) is 0 Å². The van der Waals surface area contributed by atoms with Crippen LogP contribution in [0.4, 0.5) is 5.82 Å². The van der Waals surface area contributed by atoms with Gasteiger partial charge >= 0.3 is 0 Å². The maximum absolute atomic E-state index is 6.06. The zero-order valence-corrected chi connectivity index (χ0v) is 12.9. The summed E-state index contributed by atoms with van der Waals surface area (Å²) in [4.78, 5) is 8.83. The first-order valence-corrected chi connectivity index (χ1v) is 7.51. The van der Waals surface area contributed by atoms with Gasteiger partial charge in [0.05, 0.1) is 0 Å². The first-order valence-electron chi connectivity index (χ1n) is 7.51. The van der Waals surface area contributed by atoms with Gasteiger partial charge in [0.1, 0.15) is 17.7 Å². The predicted octanol–water partition coefficient (Wildman–Crippen LogP) is 3.09. The molecule has 0 bridgehead atoms. The normalized spacial score (nSPS) is 26.6. The molecule has 1 aromatic rings. The third-order valence-electron chi connectivity index (χ3n) is 4.22. The van der Waals surface area contributed by atoms with Crippen molar-refractivity contribution in [3.05, 3.63) is 11.9 Å². The molecule has 3 N–H and O–H groups in total. The number of nitrogens with zero attached hydrogens (tertiary/aromatic N) is 2. The average molecular weight is 278 g/mol. The number of nitrogens with two attached hydrogens (primary N) is 1. The molecule has 1 aliphatic carbocycles. The largest absolute Gasteiger partial charge is 0.474 e. The molecule has 2 rings (SSSR count). The second kappa shape index (κ2) is 6.39. The molecule has 1 aliphatic rings. The minimum absolute atomic E-state index is 0.246. The highest BCUT2D eigenvalue weighted by Gasteiger charge is 2.26. The van der Waals surface area contributed by atoms with Gasteiger partial charge in [-0.2, -0.15) is 4.98 Å². The van der Waals surface area contributed by atoms with Crippen molar-refractivity contribution in [2.45, 2.75) is 59.0 Å². The SMILES string of the molecule is CC(C)c1nc(NN)cc(OC2CCC(C)C(C)C2)n1. The number of hydrogen-bond donors (Lipinski definition) is 2. The molecule has 112 valence electrons. The van der Waals surface area contributed by atoms with Crippen molar-refractivity contribution in [2.75, 3.05) is 5.43 Å². The van der Waals surface area contributed by atoms with Crippen LogP contribution in [0.3, 0.4) is 0 Å². The molecule has 0 saturated heterocycles. The predicted molar refractivity (Wildman–Crippen MR) is 80.5 cm³/mol. The third-order valence-corrected chi connectivity index (χ3v) is 4.22. The van der Waals surface area contributed by atoms with E-state index in [2.05, 4.69) is 43.1 Å². The fourth-order valence-electron chi connectivity index (χ4n) is 2.61. The van der Waals surface area contributed by atoms with Crippen LogP contribution in [0.5, 0.6) is 5.88 Å². The lowest BCUT2D eigenvalue weighted by Crippen LogP contribution is -2.29. The van der Waals surface area contributed by atoms with E-state index in [1.807, 2.05) is 0 Å². The fourth-order valence-corrected chi connectivity index (χ4v) is 2.61. The number of hydrogen-bond acceptors (Lipinski definition) is 5. The lowest BCUT2D eigenvalue weighted by atomic mass is 9.80. The first-order chi connectivity index (χ1) is 9.49. The Labute approximate surface area is 121 Å². The molecular weight excluding hydrogens is 252 g/mol. The maximum atomic E-state index is 6.06. The standard InChI is InChI=1S/C15H26N4O/c1-9(2)15-17-13(19-16)8-14(18-15)20-12-6-5-10(3)11(4)7-12/h8-12H,5-7,16H2,1-4H3,(H,17,18,19). The van der Waals surface area contributed by atoms with Crippen LogP contribution in [0, 0.1) is 11.8 Å². The Bertz CT molecular complexity index is 449. The monoisotopic (exact) mass is 278 g/mol. The summed E-state index contributed by atoms with van der Waals surface area (Å²) in [6.45, 7) is 8.74. The smallest absolute Gasteiger partial charge is 0.219 e. The Morgan fingerprint density at radius 3 is 2.60 bits per heavy atom. The lowest BCUT2D eigenvalue weighted by Gasteiger charge is -2.32. The molecule has 5 heteroatoms. The van der Waals surface area contributed by atoms with Crippen molar-refractivity contribution in [2.24, 2.45) is 17.7 Å². The molecule has 5 nitrogen and oxygen atoms in total. The molecule has 0 amide bonds. The molecule has 1 heterocycles. The molecule has 1 saturated carbocycles. The Balaban J connectivity index is 2.10. The lowest BCUT2D eigenvalue weighted by molar-refractivity contribution is 0.0961. The van der Waals surface area contributed by atoms with Gasteiger partial charge in [-0.3, -0.25) is 0 Å². The number of nitrogen functional groups attached to an aromatic ring is 1. The van der Waals surface area contributed by atoms with Crippen LogP contribution in [-0.4, -0.2) is 16.1 Å². The van der Waals surface area contributed by atoms with Crippen molar-refractivity contribution < 1.29 is 4.74 Å². The summed E-state index contributed by atoms with van der Waals surface area (Å²) in [6.07, 6.45) is 3.66. The fraction of sp³-hybridized carbons (Fsp3) is 0.733. The van der Waals surface area contributed by atoms with Crippen LogP contribution >= 0.6 is 0 Å². The third kappa shape index (κ3) is 3.60. The maximum Gasteiger partial charge on any atom is 0.219 e. The van der Waals surface area contributed by atoms with E-state index in [0.717, 1.165) is 24.6 Å². The summed E-state index contributed by atoms with van der Waals surface area (Å²) >= 11 is 0. The van der Waals surface area contributed by atoms with Gasteiger partial charge in [0.25, 0.3) is 0 Å². The van der Waals surface area contributed by atoms with Crippen molar-refractivity contribution in [1.29, 1.82) is 0 Å². The molecule has 0 radical (unpaired) electrons. The van der Waals surface area contributed by atoms with Gasteiger partial charge in [-0.25, -0.2) is 10.8 Å². The zero-order chi connectivity index (χ0) is 14.7. The van der Waals surface area contributed by atoms with Crippen LogP contribution in [0.25, 0.3) is 0 Å². The van der Waals surface area contributed by atoms with E-state index < -0.39 is 0 Å². The van der Waals surface area contributed by atoms with Crippen LogP contribution < -0.4 is 16.0 Å². The van der Waals surface area contributed by atoms with Gasteiger partial charge in [0.15, 0.2) is 0 Å². The van der Waals surface area contributed by atoms with Crippen molar-refractivity contribution in [1.82, 2.24) is 9.97 Å². The topological polar surface area (TPSA) is 73.1 Å². The second-order valence-corrected chi connectivity index (χ2v) is 6.26. The van der Waals surface area contributed by atoms with Crippen LogP contribution in [0.1, 0.15) is 58.7 Å². The molecule has 0 aromatic carbocycles. The molecule has 20 heavy (non-hydrogen) atoms. The number of anilines is 1. The highest BCUT2D eigenvalue weighted by Crippen LogP contribution is 2.32. The zero-order valence-electron chi connectivity index (χ0n) is 12.9. The van der Waals surface area contributed by atoms with E-state index in [-0.39, 0.29) is 12.0 Å². The summed E-state index contributed by atoms with van der Waals surface area (Å²) in [5.74, 6) is 9.19. The summed E-state index contributed by atoms with van der Waals surface area (Å²) in [7, 11) is 0. The first kappa shape index (κ1) is 15.0. The Hall–Kier alpha value is -1.36. The summed E-state index contributed by atoms with van der Waals surface area (Å²) in [6, 6.07) is 1.77. The van der Waals surface area contributed by atoms with E-state index in [1.54, 1.807) is 6.07 Å². The number of aromatic nitrogens is 2. The minimum Gasteiger partial charge on any atom is -0.474 e. The van der Waals surface area contributed by atoms with Gasteiger partial charge in [0.2, 0.25) is 5.88 Å². The summed E-state index contributed by atoms with van der Waals surface area (Å²) in [5.41, 5.74) is 2.58. The Kier molecular flexibility index (Phi) is 4.81. The quantitative estimate of drug-likeness (QED) is 0.654. The van der Waals surface area contributed by atoms with E-state index in [1.165, 1.54) is 6.42 Å². The highest BCUT2D eigenvalue weighted by molar-refractivity contribution is 5.37. The minimum atomic E-state index is 0.246. The van der Waals surface area contributed by atoms with Gasteiger partial charge in [0, 0.05) is 12.0 Å². The van der Waals surface area contributed by atoms with Crippen LogP contribution in [0.15, 0.2) is 6.07 Å². The van der Waals surface area contributed by atoms with Gasteiger partial charge in [-0.15, -0.1) is 0 Å². The van der Waals surface area contributed by atoms with Gasteiger partial charge in [-0.05, 0) is 31.1 Å². The van der Waals surface area contributed by atoms with E-state index >= 15 is 0 Å².